The predicted molar refractivity (Wildman–Crippen MR) is 92.3 cm³/mol. The molecule has 0 N–H and O–H groups in total. The van der Waals surface area contributed by atoms with E-state index >= 15 is 0 Å². The molecule has 0 bridgehead atoms. The summed E-state index contributed by atoms with van der Waals surface area (Å²) >= 11 is 6.26. The van der Waals surface area contributed by atoms with Crippen molar-refractivity contribution < 1.29 is 13.9 Å². The normalized spacial score (nSPS) is 18.0. The Labute approximate surface area is 144 Å². The highest BCUT2D eigenvalue weighted by molar-refractivity contribution is 6.31. The molecule has 1 amide bonds. The number of morpholine rings is 1. The van der Waals surface area contributed by atoms with Gasteiger partial charge in [0.1, 0.15) is 18.0 Å². The lowest BCUT2D eigenvalue weighted by Gasteiger charge is -2.33. The lowest BCUT2D eigenvalue weighted by atomic mass is 10.1. The van der Waals surface area contributed by atoms with Crippen LogP contribution in [0.1, 0.15) is 22.0 Å². The Hall–Kier alpha value is -2.30. The molecule has 4 rings (SSSR count). The van der Waals surface area contributed by atoms with Gasteiger partial charge in [-0.3, -0.25) is 4.79 Å². The molecule has 0 aliphatic carbocycles. The molecule has 5 heteroatoms. The minimum absolute atomic E-state index is 0.0414. The third kappa shape index (κ3) is 2.68. The van der Waals surface area contributed by atoms with E-state index < -0.39 is 0 Å². The summed E-state index contributed by atoms with van der Waals surface area (Å²) in [5.41, 5.74) is 2.22. The Morgan fingerprint density at radius 2 is 1.92 bits per heavy atom. The van der Waals surface area contributed by atoms with Crippen molar-refractivity contribution >= 4 is 28.5 Å². The number of carbonyl (C=O) groups excluding carboxylic acids is 1. The first-order valence-electron chi connectivity index (χ1n) is 7.85. The molecule has 122 valence electrons. The van der Waals surface area contributed by atoms with Crippen molar-refractivity contribution in [2.75, 3.05) is 19.7 Å². The van der Waals surface area contributed by atoms with Gasteiger partial charge in [0.25, 0.3) is 5.91 Å². The number of para-hydroxylation sites is 1. The Kier molecular flexibility index (Phi) is 4.00. The van der Waals surface area contributed by atoms with Gasteiger partial charge in [-0.05, 0) is 12.1 Å². The smallest absolute Gasteiger partial charge is 0.257 e. The third-order valence-electron chi connectivity index (χ3n) is 4.32. The molecule has 0 spiro atoms. The number of ether oxygens (including phenoxy) is 1. The number of fused-ring (bicyclic) bond motifs is 1. The number of amides is 1. The summed E-state index contributed by atoms with van der Waals surface area (Å²) in [6, 6.07) is 15.1. The van der Waals surface area contributed by atoms with Gasteiger partial charge < -0.3 is 14.1 Å². The minimum atomic E-state index is -0.213. The average Bonchev–Trinajstić information content (AvgIpc) is 3.06. The van der Waals surface area contributed by atoms with Crippen LogP contribution < -0.4 is 0 Å². The molecule has 1 aromatic heterocycles. The number of hydrogen-bond acceptors (Lipinski definition) is 3. The van der Waals surface area contributed by atoms with Gasteiger partial charge in [0.15, 0.2) is 0 Å². The summed E-state index contributed by atoms with van der Waals surface area (Å²) in [6.45, 7) is 1.51. The summed E-state index contributed by atoms with van der Waals surface area (Å²) < 4.78 is 11.3. The van der Waals surface area contributed by atoms with Crippen molar-refractivity contribution in [1.82, 2.24) is 4.90 Å². The van der Waals surface area contributed by atoms with Gasteiger partial charge in [-0.25, -0.2) is 0 Å². The highest BCUT2D eigenvalue weighted by atomic mass is 35.5. The molecule has 4 nitrogen and oxygen atoms in total. The molecule has 2 aromatic carbocycles. The van der Waals surface area contributed by atoms with E-state index in [9.17, 15) is 4.79 Å². The molecule has 3 aromatic rings. The second kappa shape index (κ2) is 6.30. The van der Waals surface area contributed by atoms with E-state index in [0.717, 1.165) is 16.5 Å². The molecule has 1 aliphatic rings. The maximum absolute atomic E-state index is 12.9. The first-order chi connectivity index (χ1) is 11.7. The fourth-order valence-electron chi connectivity index (χ4n) is 3.07. The number of halogens is 1. The van der Waals surface area contributed by atoms with Crippen LogP contribution >= 0.6 is 11.6 Å². The van der Waals surface area contributed by atoms with E-state index in [1.165, 1.54) is 6.26 Å². The average molecular weight is 342 g/mol. The summed E-state index contributed by atoms with van der Waals surface area (Å²) in [6.07, 6.45) is 1.32. The van der Waals surface area contributed by atoms with E-state index in [2.05, 4.69) is 0 Å². The van der Waals surface area contributed by atoms with Crippen LogP contribution in [0.5, 0.6) is 0 Å². The van der Waals surface area contributed by atoms with Gasteiger partial charge in [0.05, 0.1) is 18.7 Å². The molecule has 2 heterocycles. The molecule has 1 atom stereocenters. The SMILES string of the molecule is O=C(c1coc2ccccc12)N1CCOC(c2ccccc2Cl)C1. The summed E-state index contributed by atoms with van der Waals surface area (Å²) in [4.78, 5) is 14.7. The van der Waals surface area contributed by atoms with Crippen LogP contribution in [0.2, 0.25) is 5.02 Å². The highest BCUT2D eigenvalue weighted by Gasteiger charge is 2.28. The van der Waals surface area contributed by atoms with E-state index in [0.29, 0.717) is 30.3 Å². The summed E-state index contributed by atoms with van der Waals surface area (Å²) in [5, 5.41) is 1.49. The number of furan rings is 1. The van der Waals surface area contributed by atoms with Crippen LogP contribution in [0.25, 0.3) is 11.0 Å². The maximum atomic E-state index is 12.9. The quantitative estimate of drug-likeness (QED) is 0.698. The number of benzene rings is 2. The first-order valence-corrected chi connectivity index (χ1v) is 8.23. The molecular weight excluding hydrogens is 326 g/mol. The minimum Gasteiger partial charge on any atom is -0.463 e. The second-order valence-electron chi connectivity index (χ2n) is 5.78. The van der Waals surface area contributed by atoms with E-state index in [1.54, 1.807) is 4.90 Å². The summed E-state index contributed by atoms with van der Waals surface area (Å²) in [5.74, 6) is -0.0414. The van der Waals surface area contributed by atoms with Crippen LogP contribution in [0.15, 0.2) is 59.2 Å². The van der Waals surface area contributed by atoms with Gasteiger partial charge in [0.2, 0.25) is 0 Å². The number of rotatable bonds is 2. The lowest BCUT2D eigenvalue weighted by molar-refractivity contribution is -0.0227. The van der Waals surface area contributed by atoms with Crippen LogP contribution in [0.3, 0.4) is 0 Å². The fraction of sp³-hybridized carbons (Fsp3) is 0.211. The Balaban J connectivity index is 1.60. The van der Waals surface area contributed by atoms with Gasteiger partial charge in [-0.15, -0.1) is 0 Å². The van der Waals surface area contributed by atoms with Crippen molar-refractivity contribution in [3.8, 4) is 0 Å². The molecule has 0 radical (unpaired) electrons. The van der Waals surface area contributed by atoms with Crippen LogP contribution in [-0.4, -0.2) is 30.5 Å². The largest absolute Gasteiger partial charge is 0.463 e. The standard InChI is InChI=1S/C19H16ClNO3/c20-16-7-3-1-6-14(16)18-11-21(9-10-23-18)19(22)15-12-24-17-8-4-2-5-13(15)17/h1-8,12,18H,9-11H2. The van der Waals surface area contributed by atoms with Crippen molar-refractivity contribution in [3.63, 3.8) is 0 Å². The highest BCUT2D eigenvalue weighted by Crippen LogP contribution is 2.30. The molecular formula is C19H16ClNO3. The van der Waals surface area contributed by atoms with Gasteiger partial charge in [-0.2, -0.15) is 0 Å². The van der Waals surface area contributed by atoms with Gasteiger partial charge >= 0.3 is 0 Å². The summed E-state index contributed by atoms with van der Waals surface area (Å²) in [7, 11) is 0. The molecule has 24 heavy (non-hydrogen) atoms. The number of hydrogen-bond donors (Lipinski definition) is 0. The van der Waals surface area contributed by atoms with Crippen molar-refractivity contribution in [1.29, 1.82) is 0 Å². The van der Waals surface area contributed by atoms with E-state index in [1.807, 2.05) is 48.5 Å². The first kappa shape index (κ1) is 15.2. The molecule has 1 unspecified atom stereocenters. The van der Waals surface area contributed by atoms with Crippen LogP contribution in [-0.2, 0) is 4.74 Å². The van der Waals surface area contributed by atoms with Gasteiger partial charge in [-0.1, -0.05) is 48.0 Å². The Morgan fingerprint density at radius 1 is 1.12 bits per heavy atom. The van der Waals surface area contributed by atoms with Crippen molar-refractivity contribution in [2.24, 2.45) is 0 Å². The zero-order chi connectivity index (χ0) is 16.5. The van der Waals surface area contributed by atoms with E-state index in [4.69, 9.17) is 20.8 Å². The van der Waals surface area contributed by atoms with Gasteiger partial charge in [0, 0.05) is 22.5 Å². The molecule has 1 saturated heterocycles. The van der Waals surface area contributed by atoms with Crippen molar-refractivity contribution in [3.05, 3.63) is 70.9 Å². The maximum Gasteiger partial charge on any atom is 0.257 e. The predicted octanol–water partition coefficient (Wildman–Crippen LogP) is 4.30. The molecule has 1 fully saturated rings. The fourth-order valence-corrected chi connectivity index (χ4v) is 3.33. The second-order valence-corrected chi connectivity index (χ2v) is 6.18. The third-order valence-corrected chi connectivity index (χ3v) is 4.66. The van der Waals surface area contributed by atoms with Crippen molar-refractivity contribution in [2.45, 2.75) is 6.10 Å². The Morgan fingerprint density at radius 3 is 2.79 bits per heavy atom. The molecule has 1 aliphatic heterocycles. The van der Waals surface area contributed by atoms with Crippen LogP contribution in [0.4, 0.5) is 0 Å². The van der Waals surface area contributed by atoms with E-state index in [-0.39, 0.29) is 12.0 Å². The zero-order valence-corrected chi connectivity index (χ0v) is 13.7. The molecule has 0 saturated carbocycles. The monoisotopic (exact) mass is 341 g/mol. The zero-order valence-electron chi connectivity index (χ0n) is 12.9. The lowest BCUT2D eigenvalue weighted by Crippen LogP contribution is -2.42. The topological polar surface area (TPSA) is 42.7 Å². The van der Waals surface area contributed by atoms with Crippen LogP contribution in [0, 0.1) is 0 Å². The Bertz CT molecular complexity index is 889. The number of nitrogens with zero attached hydrogens (tertiary/aromatic N) is 1. The number of carbonyl (C=O) groups is 1.